The van der Waals surface area contributed by atoms with Gasteiger partial charge in [-0.05, 0) is 25.5 Å². The summed E-state index contributed by atoms with van der Waals surface area (Å²) >= 11 is 1.11. The molecule has 1 N–H and O–H groups in total. The summed E-state index contributed by atoms with van der Waals surface area (Å²) in [7, 11) is 0. The molecule has 38 heavy (non-hydrogen) atoms. The number of alkyl halides is 5. The molecule has 0 unspecified atom stereocenters. The van der Waals surface area contributed by atoms with Gasteiger partial charge in [-0.25, -0.2) is 18.4 Å². The zero-order chi connectivity index (χ0) is 27.5. The van der Waals surface area contributed by atoms with Crippen molar-refractivity contribution >= 4 is 29.5 Å². The second-order valence-corrected chi connectivity index (χ2v) is 9.82. The molecule has 4 rings (SSSR count). The molecular weight excluding hydrogens is 533 g/mol. The number of carbonyl (C=O) groups is 2. The average Bonchev–Trinajstić information content (AvgIpc) is 3.52. The van der Waals surface area contributed by atoms with E-state index in [1.807, 2.05) is 0 Å². The zero-order valence-electron chi connectivity index (χ0n) is 19.9. The maximum Gasteiger partial charge on any atom is 0.417 e. The molecule has 0 radical (unpaired) electrons. The predicted octanol–water partition coefficient (Wildman–Crippen LogP) is 4.94. The summed E-state index contributed by atoms with van der Waals surface area (Å²) in [5.74, 6) is -4.16. The molecular formula is C24H24F5N5O3S. The molecule has 8 nitrogen and oxygen atoms in total. The van der Waals surface area contributed by atoms with Gasteiger partial charge in [0.2, 0.25) is 11.5 Å². The largest absolute Gasteiger partial charge is 0.481 e. The number of hydrogen-bond donors (Lipinski definition) is 1. The van der Waals surface area contributed by atoms with Crippen LogP contribution in [0, 0.1) is 0 Å². The lowest BCUT2D eigenvalue weighted by Gasteiger charge is -2.34. The molecule has 3 aromatic rings. The average molecular weight is 558 g/mol. The molecule has 0 spiro atoms. The molecule has 1 saturated heterocycles. The minimum Gasteiger partial charge on any atom is -0.481 e. The van der Waals surface area contributed by atoms with E-state index in [2.05, 4.69) is 10.1 Å². The summed E-state index contributed by atoms with van der Waals surface area (Å²) in [6.45, 7) is 0.0489. The van der Waals surface area contributed by atoms with E-state index in [0.717, 1.165) is 22.3 Å². The highest BCUT2D eigenvalue weighted by atomic mass is 32.1. The van der Waals surface area contributed by atoms with Crippen LogP contribution in [0.4, 0.5) is 27.8 Å². The number of aromatic nitrogens is 3. The lowest BCUT2D eigenvalue weighted by atomic mass is 10.0. The van der Waals surface area contributed by atoms with E-state index in [1.54, 1.807) is 5.38 Å². The molecule has 3 heterocycles. The standard InChI is InChI=1S/C24H24F5N5O3S/c25-23(26)7-3-9-32(14-23)10-6-16(12-21(36)37)33(15-35)20-13-19(34(31-20)22-30-8-11-38-22)17-4-1-2-5-18(17)24(27,28)29/h1-2,4-5,8,11,13,15-16H,3,6-7,9-10,12,14H2,(H,36,37)/t16-/m0/s1. The lowest BCUT2D eigenvalue weighted by Crippen LogP contribution is -2.45. The Hall–Kier alpha value is -3.39. The van der Waals surface area contributed by atoms with Crippen LogP contribution in [-0.2, 0) is 15.8 Å². The predicted molar refractivity (Wildman–Crippen MR) is 129 cm³/mol. The van der Waals surface area contributed by atoms with Gasteiger partial charge in [-0.15, -0.1) is 16.4 Å². The van der Waals surface area contributed by atoms with E-state index in [1.165, 1.54) is 40.0 Å². The molecule has 1 aliphatic heterocycles. The molecule has 204 valence electrons. The second-order valence-electron chi connectivity index (χ2n) is 8.95. The van der Waals surface area contributed by atoms with E-state index >= 15 is 0 Å². The van der Waals surface area contributed by atoms with Crippen molar-refractivity contribution in [1.82, 2.24) is 19.7 Å². The normalized spacial score (nSPS) is 16.8. The minimum atomic E-state index is -4.68. The molecule has 14 heteroatoms. The summed E-state index contributed by atoms with van der Waals surface area (Å²) in [5, 5.41) is 15.7. The van der Waals surface area contributed by atoms with Crippen molar-refractivity contribution in [2.24, 2.45) is 0 Å². The van der Waals surface area contributed by atoms with Crippen LogP contribution < -0.4 is 4.90 Å². The van der Waals surface area contributed by atoms with Crippen LogP contribution in [0.3, 0.4) is 0 Å². The van der Waals surface area contributed by atoms with Crippen LogP contribution in [0.5, 0.6) is 0 Å². The van der Waals surface area contributed by atoms with Crippen LogP contribution in [0.25, 0.3) is 16.4 Å². The Kier molecular flexibility index (Phi) is 8.11. The minimum absolute atomic E-state index is 0.000488. The van der Waals surface area contributed by atoms with Crippen LogP contribution in [-0.4, -0.2) is 68.7 Å². The first-order valence-corrected chi connectivity index (χ1v) is 12.6. The SMILES string of the molecule is O=CN(c1cc(-c2ccccc2C(F)(F)F)n(-c2nccs2)n1)[C@@H](CCN1CCCC(F)(F)C1)CC(=O)O. The van der Waals surface area contributed by atoms with Gasteiger partial charge in [-0.1, -0.05) is 18.2 Å². The number of aliphatic carboxylic acids is 1. The number of halogens is 5. The summed E-state index contributed by atoms with van der Waals surface area (Å²) in [6, 6.07) is 5.16. The Balaban J connectivity index is 1.71. The van der Waals surface area contributed by atoms with Gasteiger partial charge in [-0.2, -0.15) is 13.2 Å². The maximum atomic E-state index is 13.8. The van der Waals surface area contributed by atoms with E-state index in [9.17, 15) is 36.6 Å². The van der Waals surface area contributed by atoms with Gasteiger partial charge in [0.25, 0.3) is 5.92 Å². The highest BCUT2D eigenvalue weighted by Crippen LogP contribution is 2.39. The third-order valence-electron chi connectivity index (χ3n) is 6.24. The summed E-state index contributed by atoms with van der Waals surface area (Å²) in [5.41, 5.74) is -1.13. The van der Waals surface area contributed by atoms with Gasteiger partial charge in [0, 0.05) is 42.2 Å². The van der Waals surface area contributed by atoms with Crippen molar-refractivity contribution < 1.29 is 36.6 Å². The van der Waals surface area contributed by atoms with Crippen molar-refractivity contribution in [1.29, 1.82) is 0 Å². The van der Waals surface area contributed by atoms with E-state index < -0.39 is 42.6 Å². The number of carboxylic acid groups (broad SMARTS) is 1. The number of anilines is 1. The first-order valence-electron chi connectivity index (χ1n) is 11.7. The fraction of sp³-hybridized carbons (Fsp3) is 0.417. The number of amides is 1. The number of carbonyl (C=O) groups excluding carboxylic acids is 1. The number of carboxylic acids is 1. The molecule has 1 aromatic carbocycles. The molecule has 0 aliphatic carbocycles. The monoisotopic (exact) mass is 557 g/mol. The zero-order valence-corrected chi connectivity index (χ0v) is 20.8. The van der Waals surface area contributed by atoms with Crippen molar-refractivity contribution in [3.8, 4) is 16.4 Å². The topological polar surface area (TPSA) is 91.6 Å². The van der Waals surface area contributed by atoms with Crippen LogP contribution in [0.2, 0.25) is 0 Å². The second kappa shape index (κ2) is 11.2. The number of nitrogens with zero attached hydrogens (tertiary/aromatic N) is 5. The molecule has 1 atom stereocenters. The molecule has 0 saturated carbocycles. The van der Waals surface area contributed by atoms with Gasteiger partial charge in [0.05, 0.1) is 24.2 Å². The number of likely N-dealkylation sites (tertiary alicyclic amines) is 1. The number of piperidine rings is 1. The maximum absolute atomic E-state index is 13.8. The highest BCUT2D eigenvalue weighted by Gasteiger charge is 2.37. The molecule has 1 amide bonds. The molecule has 0 bridgehead atoms. The summed E-state index contributed by atoms with van der Waals surface area (Å²) in [4.78, 5) is 30.5. The fourth-order valence-electron chi connectivity index (χ4n) is 4.54. The Labute approximate surface area is 218 Å². The molecule has 1 fully saturated rings. The van der Waals surface area contributed by atoms with Crippen LogP contribution in [0.15, 0.2) is 41.9 Å². The molecule has 1 aliphatic rings. The number of rotatable bonds is 10. The fourth-order valence-corrected chi connectivity index (χ4v) is 5.15. The van der Waals surface area contributed by atoms with Gasteiger partial charge < -0.3 is 5.11 Å². The van der Waals surface area contributed by atoms with E-state index in [4.69, 9.17) is 0 Å². The van der Waals surface area contributed by atoms with Crippen LogP contribution >= 0.6 is 11.3 Å². The van der Waals surface area contributed by atoms with Gasteiger partial charge in [-0.3, -0.25) is 19.4 Å². The highest BCUT2D eigenvalue weighted by molar-refractivity contribution is 7.12. The lowest BCUT2D eigenvalue weighted by molar-refractivity contribution is -0.138. The number of hydrogen-bond acceptors (Lipinski definition) is 6. The number of thiazole rings is 1. The smallest absolute Gasteiger partial charge is 0.417 e. The van der Waals surface area contributed by atoms with Crippen LogP contribution in [0.1, 0.15) is 31.2 Å². The quantitative estimate of drug-likeness (QED) is 0.281. The van der Waals surface area contributed by atoms with Crippen molar-refractivity contribution in [2.45, 2.75) is 43.8 Å². The first-order chi connectivity index (χ1) is 18.0. The van der Waals surface area contributed by atoms with Crippen molar-refractivity contribution in [3.63, 3.8) is 0 Å². The van der Waals surface area contributed by atoms with Gasteiger partial charge >= 0.3 is 12.1 Å². The summed E-state index contributed by atoms with van der Waals surface area (Å²) < 4.78 is 70.3. The van der Waals surface area contributed by atoms with E-state index in [0.29, 0.717) is 13.0 Å². The van der Waals surface area contributed by atoms with Crippen molar-refractivity contribution in [3.05, 3.63) is 47.5 Å². The van der Waals surface area contributed by atoms with Gasteiger partial charge in [0.15, 0.2) is 5.82 Å². The van der Waals surface area contributed by atoms with Crippen molar-refractivity contribution in [2.75, 3.05) is 24.5 Å². The third-order valence-corrected chi connectivity index (χ3v) is 6.98. The Morgan fingerprint density at radius 2 is 2.05 bits per heavy atom. The number of benzene rings is 1. The van der Waals surface area contributed by atoms with E-state index in [-0.39, 0.29) is 48.0 Å². The summed E-state index contributed by atoms with van der Waals surface area (Å²) in [6.07, 6.45) is -3.29. The third kappa shape index (κ3) is 6.35. The Bertz CT molecular complexity index is 1260. The Morgan fingerprint density at radius 3 is 2.68 bits per heavy atom. The first kappa shape index (κ1) is 27.6. The van der Waals surface area contributed by atoms with Gasteiger partial charge in [0.1, 0.15) is 0 Å². The molecule has 2 aromatic heterocycles. The Morgan fingerprint density at radius 1 is 1.29 bits per heavy atom.